The number of nitrogens with zero attached hydrogens (tertiary/aromatic N) is 4. The summed E-state index contributed by atoms with van der Waals surface area (Å²) in [5.41, 5.74) is 12.4. The average molecular weight is 718 g/mol. The Morgan fingerprint density at radius 3 is 1.45 bits per heavy atom. The molecule has 11 rings (SSSR count). The summed E-state index contributed by atoms with van der Waals surface area (Å²) in [7, 11) is 0. The number of nitrogens with one attached hydrogen (secondary N) is 1. The highest BCUT2D eigenvalue weighted by Crippen LogP contribution is 2.42. The number of aliphatic imine (C=N–C) groups is 2. The number of hydrogen-bond donors (Lipinski definition) is 1. The van der Waals surface area contributed by atoms with Gasteiger partial charge in [0, 0.05) is 44.0 Å². The largest absolute Gasteiger partial charge is 0.344 e. The van der Waals surface area contributed by atoms with Crippen molar-refractivity contribution in [2.75, 3.05) is 0 Å². The molecule has 56 heavy (non-hydrogen) atoms. The molecule has 2 aromatic heterocycles. The van der Waals surface area contributed by atoms with Crippen LogP contribution in [0.5, 0.6) is 0 Å². The Morgan fingerprint density at radius 2 is 0.839 bits per heavy atom. The van der Waals surface area contributed by atoms with Crippen molar-refractivity contribution in [2.45, 2.75) is 6.17 Å². The van der Waals surface area contributed by atoms with E-state index in [4.69, 9.17) is 9.98 Å². The van der Waals surface area contributed by atoms with E-state index in [2.05, 4.69) is 203 Å². The number of aromatic nitrogens is 2. The molecule has 0 radical (unpaired) electrons. The Morgan fingerprint density at radius 1 is 0.375 bits per heavy atom. The van der Waals surface area contributed by atoms with Crippen molar-refractivity contribution in [1.29, 1.82) is 0 Å². The monoisotopic (exact) mass is 717 g/mol. The summed E-state index contributed by atoms with van der Waals surface area (Å²) in [6.07, 6.45) is -0.273. The summed E-state index contributed by atoms with van der Waals surface area (Å²) in [6.45, 7) is 0. The van der Waals surface area contributed by atoms with Crippen molar-refractivity contribution >= 4 is 55.3 Å². The third-order valence-corrected chi connectivity index (χ3v) is 11.0. The SMILES string of the molecule is c1ccc(-c2ccc(C3=NC(c4ccc(-n5c6ccccc6c6c7c8ccccc8n(-c8ccccc8)c7ccc65)cc4)=NC(c4ccccc4)N3)cc2)cc1. The van der Waals surface area contributed by atoms with Gasteiger partial charge in [-0.2, -0.15) is 0 Å². The summed E-state index contributed by atoms with van der Waals surface area (Å²) in [5, 5.41) is 8.62. The molecule has 5 nitrogen and oxygen atoms in total. The lowest BCUT2D eigenvalue weighted by Gasteiger charge is -2.24. The van der Waals surface area contributed by atoms with Crippen molar-refractivity contribution in [3.05, 3.63) is 217 Å². The van der Waals surface area contributed by atoms with Crippen molar-refractivity contribution < 1.29 is 0 Å². The smallest absolute Gasteiger partial charge is 0.159 e. The van der Waals surface area contributed by atoms with Crippen molar-refractivity contribution in [2.24, 2.45) is 9.98 Å². The number of hydrogen-bond acceptors (Lipinski definition) is 3. The van der Waals surface area contributed by atoms with E-state index >= 15 is 0 Å². The van der Waals surface area contributed by atoms with E-state index in [1.165, 1.54) is 54.7 Å². The fourth-order valence-corrected chi connectivity index (χ4v) is 8.39. The summed E-state index contributed by atoms with van der Waals surface area (Å²) >= 11 is 0. The van der Waals surface area contributed by atoms with Gasteiger partial charge in [-0.25, -0.2) is 9.98 Å². The zero-order valence-electron chi connectivity index (χ0n) is 30.4. The standard InChI is InChI=1S/C51H35N5/c1-4-14-34(15-5-1)35-24-26-37(27-25-35)50-52-49(36-16-6-2-7-17-36)53-51(54-50)38-28-30-40(31-29-38)56-44-23-13-11-21-42(44)48-46(56)33-32-45-47(48)41-20-10-12-22-43(41)55(45)39-18-8-3-9-19-39/h1-33,49H,(H,52,53,54). The number of amidine groups is 2. The molecule has 0 bridgehead atoms. The number of para-hydroxylation sites is 3. The van der Waals surface area contributed by atoms with Crippen LogP contribution in [-0.2, 0) is 0 Å². The van der Waals surface area contributed by atoms with E-state index in [-0.39, 0.29) is 6.17 Å². The minimum absolute atomic E-state index is 0.273. The quantitative estimate of drug-likeness (QED) is 0.183. The maximum absolute atomic E-state index is 5.15. The second-order valence-electron chi connectivity index (χ2n) is 14.3. The van der Waals surface area contributed by atoms with E-state index in [0.29, 0.717) is 5.84 Å². The fraction of sp³-hybridized carbons (Fsp3) is 0.0196. The van der Waals surface area contributed by atoms with Crippen molar-refractivity contribution in [1.82, 2.24) is 14.5 Å². The Hall–Kier alpha value is -7.50. The molecule has 0 spiro atoms. The van der Waals surface area contributed by atoms with Gasteiger partial charge in [-0.1, -0.05) is 140 Å². The Kier molecular flexibility index (Phi) is 7.49. The third kappa shape index (κ3) is 5.24. The molecule has 0 saturated carbocycles. The summed E-state index contributed by atoms with van der Waals surface area (Å²) in [4.78, 5) is 10.3. The van der Waals surface area contributed by atoms with Gasteiger partial charge in [-0.05, 0) is 77.4 Å². The molecule has 8 aromatic carbocycles. The molecule has 0 saturated heterocycles. The van der Waals surface area contributed by atoms with E-state index < -0.39 is 0 Å². The molecule has 264 valence electrons. The van der Waals surface area contributed by atoms with E-state index in [9.17, 15) is 0 Å². The first-order chi connectivity index (χ1) is 27.8. The van der Waals surface area contributed by atoms with Crippen LogP contribution in [-0.4, -0.2) is 20.8 Å². The topological polar surface area (TPSA) is 46.6 Å². The lowest BCUT2D eigenvalue weighted by Crippen LogP contribution is -2.33. The molecule has 5 heteroatoms. The van der Waals surface area contributed by atoms with Crippen LogP contribution in [0.25, 0.3) is 66.1 Å². The van der Waals surface area contributed by atoms with Crippen LogP contribution in [0.1, 0.15) is 22.9 Å². The first-order valence-corrected chi connectivity index (χ1v) is 19.0. The van der Waals surface area contributed by atoms with Crippen LogP contribution in [0.2, 0.25) is 0 Å². The molecule has 1 aliphatic heterocycles. The summed E-state index contributed by atoms with van der Waals surface area (Å²) in [6, 6.07) is 70.9. The average Bonchev–Trinajstić information content (AvgIpc) is 3.80. The van der Waals surface area contributed by atoms with Crippen LogP contribution < -0.4 is 5.32 Å². The van der Waals surface area contributed by atoms with Gasteiger partial charge in [0.15, 0.2) is 5.84 Å². The van der Waals surface area contributed by atoms with Gasteiger partial charge in [0.05, 0.1) is 22.1 Å². The zero-order chi connectivity index (χ0) is 37.0. The number of rotatable bonds is 6. The van der Waals surface area contributed by atoms with Crippen LogP contribution in [0.15, 0.2) is 210 Å². The predicted octanol–water partition coefficient (Wildman–Crippen LogP) is 12.0. The van der Waals surface area contributed by atoms with E-state index in [0.717, 1.165) is 33.9 Å². The lowest BCUT2D eigenvalue weighted by atomic mass is 10.0. The third-order valence-electron chi connectivity index (χ3n) is 11.0. The first kappa shape index (κ1) is 32.0. The van der Waals surface area contributed by atoms with Crippen molar-refractivity contribution in [3.63, 3.8) is 0 Å². The van der Waals surface area contributed by atoms with Gasteiger partial charge in [-0.3, -0.25) is 0 Å². The minimum Gasteiger partial charge on any atom is -0.344 e. The summed E-state index contributed by atoms with van der Waals surface area (Å²) in [5.74, 6) is 1.50. The molecule has 1 unspecified atom stereocenters. The van der Waals surface area contributed by atoms with Crippen LogP contribution in [0.3, 0.4) is 0 Å². The van der Waals surface area contributed by atoms with Gasteiger partial charge in [-0.15, -0.1) is 0 Å². The highest BCUT2D eigenvalue weighted by molar-refractivity contribution is 6.29. The lowest BCUT2D eigenvalue weighted by molar-refractivity contribution is 0.674. The molecule has 1 N–H and O–H groups in total. The molecule has 10 aromatic rings. The van der Waals surface area contributed by atoms with Gasteiger partial charge in [0.25, 0.3) is 0 Å². The van der Waals surface area contributed by atoms with Gasteiger partial charge in [0.1, 0.15) is 12.0 Å². The van der Waals surface area contributed by atoms with Crippen LogP contribution in [0.4, 0.5) is 0 Å². The number of fused-ring (bicyclic) bond motifs is 7. The van der Waals surface area contributed by atoms with Crippen molar-refractivity contribution in [3.8, 4) is 22.5 Å². The summed E-state index contributed by atoms with van der Waals surface area (Å²) < 4.78 is 4.78. The molecule has 3 heterocycles. The van der Waals surface area contributed by atoms with Gasteiger partial charge in [0.2, 0.25) is 0 Å². The maximum atomic E-state index is 5.15. The fourth-order valence-electron chi connectivity index (χ4n) is 8.39. The molecule has 1 atom stereocenters. The second-order valence-corrected chi connectivity index (χ2v) is 14.3. The second kappa shape index (κ2) is 13.1. The highest BCUT2D eigenvalue weighted by Gasteiger charge is 2.23. The first-order valence-electron chi connectivity index (χ1n) is 19.0. The van der Waals surface area contributed by atoms with Crippen LogP contribution >= 0.6 is 0 Å². The molecule has 0 amide bonds. The van der Waals surface area contributed by atoms with Crippen LogP contribution in [0, 0.1) is 0 Å². The van der Waals surface area contributed by atoms with E-state index in [1.807, 2.05) is 12.1 Å². The minimum atomic E-state index is -0.273. The number of benzene rings is 8. The zero-order valence-corrected chi connectivity index (χ0v) is 30.4. The predicted molar refractivity (Wildman–Crippen MR) is 232 cm³/mol. The maximum Gasteiger partial charge on any atom is 0.159 e. The molecular formula is C51H35N5. The molecule has 0 fully saturated rings. The Balaban J connectivity index is 1.03. The molecule has 1 aliphatic rings. The Labute approximate surface area is 324 Å². The Bertz CT molecular complexity index is 3120. The van der Waals surface area contributed by atoms with Gasteiger partial charge < -0.3 is 14.5 Å². The van der Waals surface area contributed by atoms with Gasteiger partial charge >= 0.3 is 0 Å². The highest BCUT2D eigenvalue weighted by atomic mass is 15.2. The molecular weight excluding hydrogens is 683 g/mol. The molecule has 0 aliphatic carbocycles. The van der Waals surface area contributed by atoms with E-state index in [1.54, 1.807) is 0 Å². The normalized spacial score (nSPS) is 14.2.